The van der Waals surface area contributed by atoms with Gasteiger partial charge in [0.25, 0.3) is 5.91 Å². The first-order valence-corrected chi connectivity index (χ1v) is 13.2. The normalized spacial score (nSPS) is 29.5. The summed E-state index contributed by atoms with van der Waals surface area (Å²) < 4.78 is 11.8. The molecule has 3 heterocycles. The molecule has 1 N–H and O–H groups in total. The van der Waals surface area contributed by atoms with E-state index in [1.165, 1.54) is 15.9 Å². The van der Waals surface area contributed by atoms with Crippen LogP contribution in [-0.4, -0.2) is 71.3 Å². The quantitative estimate of drug-likeness (QED) is 0.348. The Morgan fingerprint density at radius 1 is 1.35 bits per heavy atom. The van der Waals surface area contributed by atoms with Crippen LogP contribution in [-0.2, 0) is 23.9 Å². The van der Waals surface area contributed by atoms with E-state index in [1.54, 1.807) is 30.3 Å². The Balaban J connectivity index is 1.84. The SMILES string of the molecule is C=CCOC(=O)[C@@H]1[C@H]2C(=O)N([C@@H](CO)[C@@H](C)CC)C(C(=O)N(CC=C)c3ccccc3Cl)C23CC[C@H]1O3. The van der Waals surface area contributed by atoms with Crippen molar-refractivity contribution in [1.29, 1.82) is 0 Å². The maximum absolute atomic E-state index is 14.5. The topological polar surface area (TPSA) is 96.4 Å². The van der Waals surface area contributed by atoms with Gasteiger partial charge in [-0.25, -0.2) is 0 Å². The van der Waals surface area contributed by atoms with Crippen molar-refractivity contribution in [3.05, 3.63) is 54.6 Å². The van der Waals surface area contributed by atoms with E-state index in [1.807, 2.05) is 13.8 Å². The van der Waals surface area contributed by atoms with Crippen molar-refractivity contribution in [2.24, 2.45) is 17.8 Å². The summed E-state index contributed by atoms with van der Waals surface area (Å²) in [6, 6.07) is 5.31. The molecular formula is C28H35ClN2O6. The zero-order chi connectivity index (χ0) is 26.9. The number of aliphatic hydroxyl groups excluding tert-OH is 1. The number of carbonyl (C=O) groups excluding carboxylic acids is 3. The molecule has 0 radical (unpaired) electrons. The third kappa shape index (κ3) is 4.39. The van der Waals surface area contributed by atoms with Gasteiger partial charge in [0.1, 0.15) is 18.2 Å². The summed E-state index contributed by atoms with van der Waals surface area (Å²) in [5.74, 6) is -3.09. The number of nitrogens with zero attached hydrogens (tertiary/aromatic N) is 2. The number of amides is 2. The van der Waals surface area contributed by atoms with E-state index in [0.717, 1.165) is 0 Å². The number of ether oxygens (including phenoxy) is 2. The molecule has 9 heteroatoms. The van der Waals surface area contributed by atoms with Crippen LogP contribution in [0.3, 0.4) is 0 Å². The number of anilines is 1. The molecule has 3 fully saturated rings. The Bertz CT molecular complexity index is 1080. The molecule has 7 atom stereocenters. The molecule has 2 unspecified atom stereocenters. The highest BCUT2D eigenvalue weighted by Crippen LogP contribution is 2.59. The van der Waals surface area contributed by atoms with Gasteiger partial charge in [0, 0.05) is 6.54 Å². The summed E-state index contributed by atoms with van der Waals surface area (Å²) in [6.07, 6.45) is 4.19. The second-order valence-electron chi connectivity index (χ2n) is 10.0. The summed E-state index contributed by atoms with van der Waals surface area (Å²) in [7, 11) is 0. The third-order valence-electron chi connectivity index (χ3n) is 8.15. The van der Waals surface area contributed by atoms with Crippen molar-refractivity contribution in [2.45, 2.75) is 56.9 Å². The predicted octanol–water partition coefficient (Wildman–Crippen LogP) is 3.37. The lowest BCUT2D eigenvalue weighted by molar-refractivity contribution is -0.155. The fraction of sp³-hybridized carbons (Fsp3) is 0.536. The lowest BCUT2D eigenvalue weighted by Crippen LogP contribution is -2.60. The lowest BCUT2D eigenvalue weighted by atomic mass is 9.70. The Morgan fingerprint density at radius 3 is 2.70 bits per heavy atom. The second-order valence-corrected chi connectivity index (χ2v) is 10.5. The fourth-order valence-electron chi connectivity index (χ4n) is 6.30. The van der Waals surface area contributed by atoms with Gasteiger partial charge in [-0.15, -0.1) is 6.58 Å². The maximum Gasteiger partial charge on any atom is 0.312 e. The Hall–Kier alpha value is -2.68. The number of hydrogen-bond donors (Lipinski definition) is 1. The zero-order valence-corrected chi connectivity index (χ0v) is 22.1. The molecule has 8 nitrogen and oxygen atoms in total. The Kier molecular flexibility index (Phi) is 8.11. The van der Waals surface area contributed by atoms with Crippen LogP contribution in [0.15, 0.2) is 49.6 Å². The van der Waals surface area contributed by atoms with E-state index < -0.39 is 41.6 Å². The number of rotatable bonds is 11. The maximum atomic E-state index is 14.5. The Labute approximate surface area is 222 Å². The van der Waals surface area contributed by atoms with E-state index in [9.17, 15) is 19.5 Å². The van der Waals surface area contributed by atoms with Crippen LogP contribution in [0.2, 0.25) is 5.02 Å². The van der Waals surface area contributed by atoms with Gasteiger partial charge in [0.15, 0.2) is 0 Å². The molecule has 0 saturated carbocycles. The number of benzene rings is 1. The summed E-state index contributed by atoms with van der Waals surface area (Å²) in [5, 5.41) is 10.8. The molecule has 37 heavy (non-hydrogen) atoms. The van der Waals surface area contributed by atoms with Crippen molar-refractivity contribution < 1.29 is 29.0 Å². The number of likely N-dealkylation sites (tertiary alicyclic amines) is 1. The Morgan fingerprint density at radius 2 is 2.08 bits per heavy atom. The molecule has 2 bridgehead atoms. The van der Waals surface area contributed by atoms with Crippen LogP contribution in [0.1, 0.15) is 33.1 Å². The van der Waals surface area contributed by atoms with Crippen LogP contribution in [0.5, 0.6) is 0 Å². The van der Waals surface area contributed by atoms with E-state index in [-0.39, 0.29) is 37.5 Å². The number of aliphatic hydroxyl groups is 1. The molecule has 1 aromatic rings. The van der Waals surface area contributed by atoms with Crippen molar-refractivity contribution in [3.8, 4) is 0 Å². The highest BCUT2D eigenvalue weighted by atomic mass is 35.5. The first kappa shape index (κ1) is 27.4. The molecule has 3 saturated heterocycles. The smallest absolute Gasteiger partial charge is 0.312 e. The number of hydrogen-bond acceptors (Lipinski definition) is 6. The van der Waals surface area contributed by atoms with Crippen molar-refractivity contribution >= 4 is 35.1 Å². The monoisotopic (exact) mass is 530 g/mol. The molecule has 1 aromatic carbocycles. The van der Waals surface area contributed by atoms with Gasteiger partial charge in [-0.1, -0.05) is 62.7 Å². The van der Waals surface area contributed by atoms with E-state index in [2.05, 4.69) is 13.2 Å². The van der Waals surface area contributed by atoms with Crippen molar-refractivity contribution in [3.63, 3.8) is 0 Å². The van der Waals surface area contributed by atoms with Crippen LogP contribution >= 0.6 is 11.6 Å². The van der Waals surface area contributed by atoms with Crippen LogP contribution in [0.4, 0.5) is 5.69 Å². The molecule has 3 aliphatic rings. The molecule has 0 aromatic heterocycles. The van der Waals surface area contributed by atoms with Crippen molar-refractivity contribution in [2.75, 3.05) is 24.7 Å². The predicted molar refractivity (Wildman–Crippen MR) is 140 cm³/mol. The number of para-hydroxylation sites is 1. The van der Waals surface area contributed by atoms with Gasteiger partial charge < -0.3 is 24.4 Å². The molecule has 200 valence electrons. The summed E-state index contributed by atoms with van der Waals surface area (Å²) >= 11 is 6.49. The fourth-order valence-corrected chi connectivity index (χ4v) is 6.54. The van der Waals surface area contributed by atoms with E-state index in [0.29, 0.717) is 30.0 Å². The lowest BCUT2D eigenvalue weighted by Gasteiger charge is -2.41. The summed E-state index contributed by atoms with van der Waals surface area (Å²) in [4.78, 5) is 44.7. The summed E-state index contributed by atoms with van der Waals surface area (Å²) in [5.41, 5.74) is -0.724. The van der Waals surface area contributed by atoms with E-state index in [4.69, 9.17) is 21.1 Å². The van der Waals surface area contributed by atoms with Gasteiger partial charge in [-0.05, 0) is 30.9 Å². The molecule has 3 aliphatic heterocycles. The molecular weight excluding hydrogens is 496 g/mol. The number of esters is 1. The van der Waals surface area contributed by atoms with Crippen molar-refractivity contribution in [1.82, 2.24) is 4.90 Å². The van der Waals surface area contributed by atoms with Gasteiger partial charge >= 0.3 is 5.97 Å². The molecule has 2 amide bonds. The molecule has 1 spiro atoms. The largest absolute Gasteiger partial charge is 0.461 e. The first-order chi connectivity index (χ1) is 17.8. The number of carbonyl (C=O) groups is 3. The van der Waals surface area contributed by atoms with E-state index >= 15 is 0 Å². The van der Waals surface area contributed by atoms with Gasteiger partial charge in [0.05, 0.1) is 41.3 Å². The van der Waals surface area contributed by atoms with Crippen LogP contribution in [0.25, 0.3) is 0 Å². The van der Waals surface area contributed by atoms with Crippen LogP contribution in [0, 0.1) is 17.8 Å². The average Bonchev–Trinajstić information content (AvgIpc) is 3.54. The van der Waals surface area contributed by atoms with Crippen LogP contribution < -0.4 is 4.90 Å². The second kappa shape index (κ2) is 11.0. The molecule has 4 rings (SSSR count). The minimum absolute atomic E-state index is 0.0216. The zero-order valence-electron chi connectivity index (χ0n) is 21.3. The van der Waals surface area contributed by atoms with Gasteiger partial charge in [-0.2, -0.15) is 0 Å². The minimum atomic E-state index is -1.21. The third-order valence-corrected chi connectivity index (χ3v) is 8.47. The number of halogens is 1. The highest BCUT2D eigenvalue weighted by Gasteiger charge is 2.75. The summed E-state index contributed by atoms with van der Waals surface area (Å²) in [6.45, 7) is 11.2. The van der Waals surface area contributed by atoms with Gasteiger partial charge in [0.2, 0.25) is 5.91 Å². The minimum Gasteiger partial charge on any atom is -0.461 e. The first-order valence-electron chi connectivity index (χ1n) is 12.8. The standard InChI is InChI=1S/C28H35ClN2O6/c1-5-14-30(19-11-9-8-10-18(19)29)26(34)24-28-13-12-21(37-28)22(27(35)36-15-6-2)23(28)25(33)31(24)20(16-32)17(4)7-3/h5-6,8-11,17,20-24,32H,1-2,7,12-16H2,3-4H3/t17-,20-,21+,22-,23-,24?,28?/m0/s1. The van der Waals surface area contributed by atoms with Gasteiger partial charge in [-0.3, -0.25) is 14.4 Å². The number of fused-ring (bicyclic) bond motifs is 1. The highest BCUT2D eigenvalue weighted by molar-refractivity contribution is 6.34. The molecule has 0 aliphatic carbocycles. The average molecular weight is 531 g/mol.